The van der Waals surface area contributed by atoms with Crippen LogP contribution in [0, 0.1) is 0 Å². The van der Waals surface area contributed by atoms with Crippen LogP contribution in [-0.2, 0) is 6.42 Å². The maximum absolute atomic E-state index is 4.38. The molecule has 0 unspecified atom stereocenters. The van der Waals surface area contributed by atoms with Gasteiger partial charge in [-0.05, 0) is 12.1 Å². The Bertz CT molecular complexity index is 355. The zero-order valence-electron chi connectivity index (χ0n) is 10.9. The number of nitrogens with one attached hydrogen (secondary N) is 1. The number of rotatable bonds is 4. The second kappa shape index (κ2) is 5.78. The number of hydrogen-bond donors (Lipinski definition) is 1. The van der Waals surface area contributed by atoms with Crippen molar-refractivity contribution in [3.05, 3.63) is 30.1 Å². The summed E-state index contributed by atoms with van der Waals surface area (Å²) in [6.45, 7) is 8.41. The SMILES string of the molecule is c1ccc(CCN2CCN(C3CNC3)CC2)nc1. The Morgan fingerprint density at radius 1 is 1.17 bits per heavy atom. The molecule has 0 radical (unpaired) electrons. The molecule has 0 spiro atoms. The lowest BCUT2D eigenvalue weighted by Gasteiger charge is -2.43. The topological polar surface area (TPSA) is 31.4 Å². The molecule has 1 aromatic heterocycles. The van der Waals surface area contributed by atoms with Crippen molar-refractivity contribution in [2.75, 3.05) is 45.8 Å². The highest BCUT2D eigenvalue weighted by Gasteiger charge is 2.27. The van der Waals surface area contributed by atoms with E-state index in [-0.39, 0.29) is 0 Å². The Kier molecular flexibility index (Phi) is 3.88. The van der Waals surface area contributed by atoms with Gasteiger partial charge in [-0.15, -0.1) is 0 Å². The standard InChI is InChI=1S/C14H22N4/c1-2-5-16-13(3-1)4-6-17-7-9-18(10-8-17)14-11-15-12-14/h1-3,5,14-15H,4,6-12H2. The van der Waals surface area contributed by atoms with Crippen LogP contribution < -0.4 is 5.32 Å². The molecule has 0 bridgehead atoms. The minimum absolute atomic E-state index is 0.808. The Morgan fingerprint density at radius 2 is 2.00 bits per heavy atom. The summed E-state index contributed by atoms with van der Waals surface area (Å²) in [5.41, 5.74) is 1.21. The van der Waals surface area contributed by atoms with Gasteiger partial charge in [0, 0.05) is 70.2 Å². The van der Waals surface area contributed by atoms with Gasteiger partial charge in [-0.25, -0.2) is 0 Å². The molecule has 1 N–H and O–H groups in total. The lowest BCUT2D eigenvalue weighted by Crippen LogP contribution is -2.61. The van der Waals surface area contributed by atoms with E-state index >= 15 is 0 Å². The molecule has 3 heterocycles. The van der Waals surface area contributed by atoms with Gasteiger partial charge in [0.25, 0.3) is 0 Å². The molecular formula is C14H22N4. The molecule has 4 heteroatoms. The highest BCUT2D eigenvalue weighted by atomic mass is 15.3. The van der Waals surface area contributed by atoms with Gasteiger partial charge >= 0.3 is 0 Å². The second-order valence-electron chi connectivity index (χ2n) is 5.26. The van der Waals surface area contributed by atoms with Gasteiger partial charge in [-0.3, -0.25) is 9.88 Å². The summed E-state index contributed by atoms with van der Waals surface area (Å²) in [6, 6.07) is 6.98. The van der Waals surface area contributed by atoms with Gasteiger partial charge in [0.15, 0.2) is 0 Å². The summed E-state index contributed by atoms with van der Waals surface area (Å²) < 4.78 is 0. The van der Waals surface area contributed by atoms with E-state index in [1.807, 2.05) is 12.3 Å². The fraction of sp³-hybridized carbons (Fsp3) is 0.643. The summed E-state index contributed by atoms with van der Waals surface area (Å²) in [5.74, 6) is 0. The van der Waals surface area contributed by atoms with Gasteiger partial charge in [0.2, 0.25) is 0 Å². The first-order valence-electron chi connectivity index (χ1n) is 6.99. The summed E-state index contributed by atoms with van der Waals surface area (Å²) in [5, 5.41) is 3.35. The van der Waals surface area contributed by atoms with Crippen LogP contribution in [0.2, 0.25) is 0 Å². The highest BCUT2D eigenvalue weighted by Crippen LogP contribution is 2.10. The van der Waals surface area contributed by atoms with Gasteiger partial charge in [-0.1, -0.05) is 6.07 Å². The van der Waals surface area contributed by atoms with E-state index in [1.165, 1.54) is 45.0 Å². The van der Waals surface area contributed by atoms with Crippen molar-refractivity contribution in [2.24, 2.45) is 0 Å². The number of pyridine rings is 1. The van der Waals surface area contributed by atoms with Crippen LogP contribution in [0.5, 0.6) is 0 Å². The Labute approximate surface area is 109 Å². The first kappa shape index (κ1) is 12.1. The predicted octanol–water partition coefficient (Wildman–Crippen LogP) is 0.214. The van der Waals surface area contributed by atoms with Crippen molar-refractivity contribution in [1.29, 1.82) is 0 Å². The molecule has 98 valence electrons. The van der Waals surface area contributed by atoms with Crippen molar-refractivity contribution in [3.63, 3.8) is 0 Å². The van der Waals surface area contributed by atoms with Crippen molar-refractivity contribution in [2.45, 2.75) is 12.5 Å². The lowest BCUT2D eigenvalue weighted by molar-refractivity contribution is 0.0733. The van der Waals surface area contributed by atoms with E-state index in [0.717, 1.165) is 19.0 Å². The molecule has 0 amide bonds. The highest BCUT2D eigenvalue weighted by molar-refractivity contribution is 5.03. The molecular weight excluding hydrogens is 224 g/mol. The van der Waals surface area contributed by atoms with Crippen molar-refractivity contribution in [3.8, 4) is 0 Å². The molecule has 0 saturated carbocycles. The smallest absolute Gasteiger partial charge is 0.0416 e. The van der Waals surface area contributed by atoms with E-state index in [2.05, 4.69) is 32.2 Å². The average molecular weight is 246 g/mol. The Balaban J connectivity index is 1.40. The number of aromatic nitrogens is 1. The third-order valence-corrected chi connectivity index (χ3v) is 4.09. The summed E-state index contributed by atoms with van der Waals surface area (Å²) in [7, 11) is 0. The fourth-order valence-electron chi connectivity index (χ4n) is 2.70. The zero-order valence-corrected chi connectivity index (χ0v) is 10.9. The molecule has 0 atom stereocenters. The molecule has 2 saturated heterocycles. The van der Waals surface area contributed by atoms with Crippen LogP contribution in [-0.4, -0.2) is 66.6 Å². The third kappa shape index (κ3) is 2.88. The van der Waals surface area contributed by atoms with Crippen LogP contribution in [0.25, 0.3) is 0 Å². The molecule has 4 nitrogen and oxygen atoms in total. The maximum Gasteiger partial charge on any atom is 0.0416 e. The van der Waals surface area contributed by atoms with Crippen LogP contribution in [0.4, 0.5) is 0 Å². The molecule has 0 aliphatic carbocycles. The molecule has 1 aromatic rings. The quantitative estimate of drug-likeness (QED) is 0.823. The number of piperazine rings is 1. The zero-order chi connectivity index (χ0) is 12.2. The van der Waals surface area contributed by atoms with E-state index in [9.17, 15) is 0 Å². The first-order chi connectivity index (χ1) is 8.92. The van der Waals surface area contributed by atoms with Crippen LogP contribution in [0.15, 0.2) is 24.4 Å². The molecule has 2 aliphatic rings. The minimum Gasteiger partial charge on any atom is -0.314 e. The fourth-order valence-corrected chi connectivity index (χ4v) is 2.70. The molecule has 18 heavy (non-hydrogen) atoms. The average Bonchev–Trinajstić information content (AvgIpc) is 2.37. The van der Waals surface area contributed by atoms with E-state index < -0.39 is 0 Å². The van der Waals surface area contributed by atoms with Crippen molar-refractivity contribution >= 4 is 0 Å². The summed E-state index contributed by atoms with van der Waals surface area (Å²) >= 11 is 0. The molecule has 0 aromatic carbocycles. The second-order valence-corrected chi connectivity index (χ2v) is 5.26. The predicted molar refractivity (Wildman–Crippen MR) is 72.6 cm³/mol. The minimum atomic E-state index is 0.808. The maximum atomic E-state index is 4.38. The molecule has 2 aliphatic heterocycles. The Morgan fingerprint density at radius 3 is 2.61 bits per heavy atom. The largest absolute Gasteiger partial charge is 0.314 e. The van der Waals surface area contributed by atoms with E-state index in [1.54, 1.807) is 0 Å². The first-order valence-corrected chi connectivity index (χ1v) is 6.99. The van der Waals surface area contributed by atoms with Crippen molar-refractivity contribution < 1.29 is 0 Å². The van der Waals surface area contributed by atoms with E-state index in [4.69, 9.17) is 0 Å². The molecule has 2 fully saturated rings. The van der Waals surface area contributed by atoms with Gasteiger partial charge < -0.3 is 10.2 Å². The normalized spacial score (nSPS) is 22.9. The Hall–Kier alpha value is -0.970. The van der Waals surface area contributed by atoms with Crippen LogP contribution in [0.3, 0.4) is 0 Å². The van der Waals surface area contributed by atoms with Crippen LogP contribution >= 0.6 is 0 Å². The number of hydrogen-bond acceptors (Lipinski definition) is 4. The third-order valence-electron chi connectivity index (χ3n) is 4.09. The van der Waals surface area contributed by atoms with Gasteiger partial charge in [0.05, 0.1) is 0 Å². The summed E-state index contributed by atoms with van der Waals surface area (Å²) in [4.78, 5) is 9.58. The number of nitrogens with zero attached hydrogens (tertiary/aromatic N) is 3. The van der Waals surface area contributed by atoms with Gasteiger partial charge in [0.1, 0.15) is 0 Å². The monoisotopic (exact) mass is 246 g/mol. The summed E-state index contributed by atoms with van der Waals surface area (Å²) in [6.07, 6.45) is 2.96. The lowest BCUT2D eigenvalue weighted by atomic mass is 10.1. The van der Waals surface area contributed by atoms with Crippen molar-refractivity contribution in [1.82, 2.24) is 20.1 Å². The van der Waals surface area contributed by atoms with Gasteiger partial charge in [-0.2, -0.15) is 0 Å². The molecule has 3 rings (SSSR count). The van der Waals surface area contributed by atoms with E-state index in [0.29, 0.717) is 0 Å². The van der Waals surface area contributed by atoms with Crippen LogP contribution in [0.1, 0.15) is 5.69 Å².